The van der Waals surface area contributed by atoms with Crippen molar-refractivity contribution >= 4 is 23.5 Å². The van der Waals surface area contributed by atoms with Crippen LogP contribution in [0, 0.1) is 0 Å². The molecule has 1 aromatic rings. The summed E-state index contributed by atoms with van der Waals surface area (Å²) in [5, 5.41) is 19.9. The molecule has 2 aliphatic rings. The van der Waals surface area contributed by atoms with E-state index in [1.807, 2.05) is 12.1 Å². The smallest absolute Gasteiger partial charge is 0.328 e. The van der Waals surface area contributed by atoms with E-state index in [0.717, 1.165) is 44.2 Å². The number of allylic oxidation sites excluding steroid dienone is 3. The van der Waals surface area contributed by atoms with Gasteiger partial charge in [-0.15, -0.1) is 0 Å². The van der Waals surface area contributed by atoms with Crippen LogP contribution in [0.1, 0.15) is 12.0 Å². The van der Waals surface area contributed by atoms with Gasteiger partial charge in [-0.2, -0.15) is 0 Å². The first-order chi connectivity index (χ1) is 13.4. The lowest BCUT2D eigenvalue weighted by molar-refractivity contribution is -0.134. The number of piperazine rings is 1. The van der Waals surface area contributed by atoms with E-state index in [1.165, 1.54) is 5.56 Å². The average Bonchev–Trinajstić information content (AvgIpc) is 2.69. The molecule has 6 nitrogen and oxygen atoms in total. The van der Waals surface area contributed by atoms with Crippen LogP contribution in [0.15, 0.2) is 60.7 Å². The number of carboxylic acid groups (broad SMARTS) is 2. The van der Waals surface area contributed by atoms with E-state index in [4.69, 9.17) is 21.8 Å². The molecule has 3 N–H and O–H groups in total. The van der Waals surface area contributed by atoms with E-state index in [2.05, 4.69) is 46.7 Å². The van der Waals surface area contributed by atoms with Crippen LogP contribution in [-0.2, 0) is 15.0 Å². The van der Waals surface area contributed by atoms with Crippen molar-refractivity contribution in [1.29, 1.82) is 0 Å². The normalized spacial score (nSPS) is 21.9. The summed E-state index contributed by atoms with van der Waals surface area (Å²) in [5.74, 6) is -2.51. The first kappa shape index (κ1) is 21.9. The second-order valence-corrected chi connectivity index (χ2v) is 7.13. The number of aliphatic carboxylic acids is 2. The topological polar surface area (TPSA) is 89.9 Å². The molecule has 1 aliphatic heterocycles. The molecule has 7 heteroatoms. The number of benzene rings is 1. The molecular formula is C21H25ClN2O4. The van der Waals surface area contributed by atoms with Crippen LogP contribution in [0.2, 0.25) is 5.02 Å². The number of nitrogens with zero attached hydrogens (tertiary/aromatic N) is 1. The highest BCUT2D eigenvalue weighted by atomic mass is 35.5. The van der Waals surface area contributed by atoms with E-state index >= 15 is 0 Å². The van der Waals surface area contributed by atoms with Gasteiger partial charge in [-0.3, -0.25) is 4.90 Å². The summed E-state index contributed by atoms with van der Waals surface area (Å²) in [6, 6.07) is 8.35. The van der Waals surface area contributed by atoms with Crippen molar-refractivity contribution in [3.8, 4) is 0 Å². The summed E-state index contributed by atoms with van der Waals surface area (Å²) >= 11 is 6.04. The van der Waals surface area contributed by atoms with Gasteiger partial charge in [0.2, 0.25) is 0 Å². The number of nitrogens with one attached hydrogen (secondary N) is 1. The molecule has 1 heterocycles. The Morgan fingerprint density at radius 1 is 1.07 bits per heavy atom. The number of hydrogen-bond donors (Lipinski definition) is 3. The van der Waals surface area contributed by atoms with Crippen LogP contribution in [0.4, 0.5) is 0 Å². The lowest BCUT2D eigenvalue weighted by atomic mass is 9.75. The van der Waals surface area contributed by atoms with Crippen LogP contribution < -0.4 is 5.32 Å². The fraction of sp³-hybridized carbons (Fsp3) is 0.333. The van der Waals surface area contributed by atoms with E-state index in [0.29, 0.717) is 12.2 Å². The SMILES string of the molecule is Clc1ccc([C@@]2(CN3CCNCC3)C=CC=CC2)cc1.O=C(O)/C=C/C(=O)O. The van der Waals surface area contributed by atoms with Gasteiger partial charge in [0.05, 0.1) is 0 Å². The number of carboxylic acids is 2. The summed E-state index contributed by atoms with van der Waals surface area (Å²) in [7, 11) is 0. The zero-order chi connectivity index (χ0) is 20.4. The largest absolute Gasteiger partial charge is 0.478 e. The van der Waals surface area contributed by atoms with Gasteiger partial charge in [-0.1, -0.05) is 48.0 Å². The third-order valence-corrected chi connectivity index (χ3v) is 4.90. The molecule has 28 heavy (non-hydrogen) atoms. The molecule has 1 saturated heterocycles. The number of carbonyl (C=O) groups is 2. The molecule has 0 amide bonds. The second kappa shape index (κ2) is 10.8. The van der Waals surface area contributed by atoms with Crippen LogP contribution >= 0.6 is 11.6 Å². The minimum absolute atomic E-state index is 0.0939. The maximum absolute atomic E-state index is 9.55. The summed E-state index contributed by atoms with van der Waals surface area (Å²) in [6.07, 6.45) is 11.1. The lowest BCUT2D eigenvalue weighted by Gasteiger charge is -2.39. The third kappa shape index (κ3) is 6.96. The number of hydrogen-bond acceptors (Lipinski definition) is 4. The van der Waals surface area contributed by atoms with Gasteiger partial charge in [-0.25, -0.2) is 9.59 Å². The molecule has 0 aromatic heterocycles. The Balaban J connectivity index is 0.000000300. The molecule has 0 bridgehead atoms. The molecule has 150 valence electrons. The van der Waals surface area contributed by atoms with Crippen molar-refractivity contribution in [1.82, 2.24) is 10.2 Å². The molecule has 1 aromatic carbocycles. The van der Waals surface area contributed by atoms with Crippen molar-refractivity contribution < 1.29 is 19.8 Å². The van der Waals surface area contributed by atoms with Crippen LogP contribution in [0.5, 0.6) is 0 Å². The highest BCUT2D eigenvalue weighted by Gasteiger charge is 2.32. The molecule has 0 saturated carbocycles. The van der Waals surface area contributed by atoms with Gasteiger partial charge >= 0.3 is 11.9 Å². The van der Waals surface area contributed by atoms with E-state index in [9.17, 15) is 9.59 Å². The molecule has 1 atom stereocenters. The fourth-order valence-electron chi connectivity index (χ4n) is 3.28. The maximum Gasteiger partial charge on any atom is 0.328 e. The van der Waals surface area contributed by atoms with Crippen molar-refractivity contribution in [2.75, 3.05) is 32.7 Å². The first-order valence-electron chi connectivity index (χ1n) is 9.09. The predicted octanol–water partition coefficient (Wildman–Crippen LogP) is 2.71. The summed E-state index contributed by atoms with van der Waals surface area (Å²) < 4.78 is 0. The molecule has 0 spiro atoms. The number of halogens is 1. The highest BCUT2D eigenvalue weighted by Crippen LogP contribution is 2.34. The first-order valence-corrected chi connectivity index (χ1v) is 9.46. The van der Waals surface area contributed by atoms with Gasteiger partial charge in [-0.05, 0) is 24.1 Å². The van der Waals surface area contributed by atoms with Gasteiger partial charge in [0.1, 0.15) is 0 Å². The van der Waals surface area contributed by atoms with Crippen molar-refractivity contribution in [2.45, 2.75) is 11.8 Å². The fourth-order valence-corrected chi connectivity index (χ4v) is 3.41. The maximum atomic E-state index is 9.55. The van der Waals surface area contributed by atoms with Crippen LogP contribution in [0.25, 0.3) is 0 Å². The van der Waals surface area contributed by atoms with Gasteiger partial charge < -0.3 is 15.5 Å². The van der Waals surface area contributed by atoms with Gasteiger partial charge in [0.25, 0.3) is 0 Å². The van der Waals surface area contributed by atoms with E-state index in [-0.39, 0.29) is 5.41 Å². The van der Waals surface area contributed by atoms with Crippen molar-refractivity contribution in [3.63, 3.8) is 0 Å². The van der Waals surface area contributed by atoms with Gasteiger partial charge in [0.15, 0.2) is 0 Å². The average molecular weight is 405 g/mol. The van der Waals surface area contributed by atoms with E-state index < -0.39 is 11.9 Å². The Kier molecular flexibility index (Phi) is 8.44. The Morgan fingerprint density at radius 2 is 1.68 bits per heavy atom. The molecule has 1 aliphatic carbocycles. The Morgan fingerprint density at radius 3 is 2.18 bits per heavy atom. The zero-order valence-corrected chi connectivity index (χ0v) is 16.3. The molecule has 1 fully saturated rings. The van der Waals surface area contributed by atoms with Crippen LogP contribution in [0.3, 0.4) is 0 Å². The van der Waals surface area contributed by atoms with Crippen LogP contribution in [-0.4, -0.2) is 59.8 Å². The highest BCUT2D eigenvalue weighted by molar-refractivity contribution is 6.30. The number of rotatable bonds is 5. The minimum Gasteiger partial charge on any atom is -0.478 e. The molecule has 0 unspecified atom stereocenters. The molecule has 3 rings (SSSR count). The summed E-state index contributed by atoms with van der Waals surface area (Å²) in [6.45, 7) is 5.53. The Labute approximate surface area is 169 Å². The minimum atomic E-state index is -1.26. The standard InChI is InChI=1S/C17H21ClN2.C4H4O4/c18-16-6-4-15(5-7-16)17(8-2-1-3-9-17)14-20-12-10-19-11-13-20;5-3(6)1-2-4(7)8/h1-8,19H,9-14H2;1-2H,(H,5,6)(H,7,8)/b;2-1+/t17-;/m0./s1. The third-order valence-electron chi connectivity index (χ3n) is 4.65. The Bertz CT molecular complexity index is 736. The van der Waals surface area contributed by atoms with Crippen molar-refractivity contribution in [2.24, 2.45) is 0 Å². The molecular weight excluding hydrogens is 380 g/mol. The monoisotopic (exact) mass is 404 g/mol. The quantitative estimate of drug-likeness (QED) is 0.654. The predicted molar refractivity (Wildman–Crippen MR) is 110 cm³/mol. The van der Waals surface area contributed by atoms with Gasteiger partial charge in [0, 0.05) is 55.3 Å². The Hall–Kier alpha value is -2.41. The second-order valence-electron chi connectivity index (χ2n) is 6.69. The molecule has 0 radical (unpaired) electrons. The summed E-state index contributed by atoms with van der Waals surface area (Å²) in [4.78, 5) is 21.7. The lowest BCUT2D eigenvalue weighted by Crippen LogP contribution is -2.49. The van der Waals surface area contributed by atoms with E-state index in [1.54, 1.807) is 0 Å². The van der Waals surface area contributed by atoms with Crippen molar-refractivity contribution in [3.05, 3.63) is 71.3 Å². The zero-order valence-electron chi connectivity index (χ0n) is 15.6. The summed E-state index contributed by atoms with van der Waals surface area (Å²) in [5.41, 5.74) is 1.46.